The third-order valence-electron chi connectivity index (χ3n) is 3.51. The zero-order valence-electron chi connectivity index (χ0n) is 12.3. The van der Waals surface area contributed by atoms with E-state index in [2.05, 4.69) is 17.1 Å². The van der Waals surface area contributed by atoms with Crippen molar-refractivity contribution in [3.8, 4) is 0 Å². The first-order valence-electron chi connectivity index (χ1n) is 6.96. The van der Waals surface area contributed by atoms with Gasteiger partial charge in [-0.15, -0.1) is 0 Å². The molecular formula is C18H21NO. The van der Waals surface area contributed by atoms with Crippen LogP contribution in [0.2, 0.25) is 0 Å². The first kappa shape index (κ1) is 14.4. The van der Waals surface area contributed by atoms with Crippen LogP contribution >= 0.6 is 0 Å². The molecule has 1 aromatic carbocycles. The molecule has 0 saturated heterocycles. The van der Waals surface area contributed by atoms with E-state index in [1.54, 1.807) is 6.20 Å². The molecule has 0 radical (unpaired) electrons. The van der Waals surface area contributed by atoms with E-state index in [1.165, 1.54) is 0 Å². The van der Waals surface area contributed by atoms with Crippen LogP contribution in [0.5, 0.6) is 0 Å². The van der Waals surface area contributed by atoms with Gasteiger partial charge in [-0.1, -0.05) is 57.2 Å². The van der Waals surface area contributed by atoms with E-state index in [-0.39, 0.29) is 17.1 Å². The molecular weight excluding hydrogens is 246 g/mol. The number of aromatic nitrogens is 1. The summed E-state index contributed by atoms with van der Waals surface area (Å²) in [4.78, 5) is 16.6. The maximum Gasteiger partial charge on any atom is 0.139 e. The molecule has 0 fully saturated rings. The SMILES string of the molecule is CC(C)(C)C(=O)CC(c1ccccc1)c1cccnc1. The highest BCUT2D eigenvalue weighted by Gasteiger charge is 2.26. The van der Waals surface area contributed by atoms with Crippen molar-refractivity contribution in [2.75, 3.05) is 0 Å². The Morgan fingerprint density at radius 1 is 1.05 bits per heavy atom. The fourth-order valence-corrected chi connectivity index (χ4v) is 2.19. The molecule has 1 heterocycles. The lowest BCUT2D eigenvalue weighted by molar-refractivity contribution is -0.126. The van der Waals surface area contributed by atoms with E-state index in [0.29, 0.717) is 6.42 Å². The molecule has 2 rings (SSSR count). The standard InChI is InChI=1S/C18H21NO/c1-18(2,3)17(20)12-16(14-8-5-4-6-9-14)15-10-7-11-19-13-15/h4-11,13,16H,12H2,1-3H3. The van der Waals surface area contributed by atoms with Crippen LogP contribution in [0.3, 0.4) is 0 Å². The summed E-state index contributed by atoms with van der Waals surface area (Å²) in [5.74, 6) is 0.354. The largest absolute Gasteiger partial charge is 0.299 e. The summed E-state index contributed by atoms with van der Waals surface area (Å²) >= 11 is 0. The van der Waals surface area contributed by atoms with E-state index < -0.39 is 0 Å². The monoisotopic (exact) mass is 267 g/mol. The molecule has 0 N–H and O–H groups in total. The molecule has 104 valence electrons. The van der Waals surface area contributed by atoms with Gasteiger partial charge >= 0.3 is 0 Å². The topological polar surface area (TPSA) is 30.0 Å². The molecule has 2 aromatic rings. The summed E-state index contributed by atoms with van der Waals surface area (Å²) in [5.41, 5.74) is 1.95. The third kappa shape index (κ3) is 3.53. The van der Waals surface area contributed by atoms with Gasteiger partial charge in [0, 0.05) is 30.1 Å². The average molecular weight is 267 g/mol. The Balaban J connectivity index is 2.34. The Morgan fingerprint density at radius 2 is 1.70 bits per heavy atom. The van der Waals surface area contributed by atoms with Gasteiger partial charge in [0.25, 0.3) is 0 Å². The molecule has 2 nitrogen and oxygen atoms in total. The Morgan fingerprint density at radius 3 is 2.25 bits per heavy atom. The minimum Gasteiger partial charge on any atom is -0.299 e. The number of Topliss-reactive ketones (excluding diaryl/α,β-unsaturated/α-hetero) is 1. The van der Waals surface area contributed by atoms with Crippen LogP contribution in [0.4, 0.5) is 0 Å². The highest BCUT2D eigenvalue weighted by Crippen LogP contribution is 2.31. The van der Waals surface area contributed by atoms with Crippen molar-refractivity contribution in [3.63, 3.8) is 0 Å². The predicted molar refractivity (Wildman–Crippen MR) is 81.6 cm³/mol. The van der Waals surface area contributed by atoms with Crippen molar-refractivity contribution in [2.24, 2.45) is 5.41 Å². The second kappa shape index (κ2) is 6.00. The van der Waals surface area contributed by atoms with Crippen LogP contribution in [0, 0.1) is 5.41 Å². The quantitative estimate of drug-likeness (QED) is 0.830. The minimum absolute atomic E-state index is 0.0802. The molecule has 0 saturated carbocycles. The Bertz CT molecular complexity index is 515. The number of ketones is 1. The number of pyridine rings is 1. The van der Waals surface area contributed by atoms with Gasteiger partial charge in [0.05, 0.1) is 0 Å². The highest BCUT2D eigenvalue weighted by atomic mass is 16.1. The van der Waals surface area contributed by atoms with Gasteiger partial charge in [-0.25, -0.2) is 0 Å². The summed E-state index contributed by atoms with van der Waals surface area (Å²) in [7, 11) is 0. The molecule has 0 spiro atoms. The molecule has 0 bridgehead atoms. The van der Waals surface area contributed by atoms with Crippen molar-refractivity contribution < 1.29 is 4.79 Å². The van der Waals surface area contributed by atoms with E-state index >= 15 is 0 Å². The molecule has 0 amide bonds. The summed E-state index contributed by atoms with van der Waals surface area (Å²) in [5, 5.41) is 0. The zero-order chi connectivity index (χ0) is 14.6. The Labute approximate surface area is 120 Å². The van der Waals surface area contributed by atoms with Gasteiger partial charge in [-0.2, -0.15) is 0 Å². The normalized spacial score (nSPS) is 12.9. The molecule has 1 unspecified atom stereocenters. The Hall–Kier alpha value is -1.96. The van der Waals surface area contributed by atoms with E-state index in [4.69, 9.17) is 0 Å². The van der Waals surface area contributed by atoms with Gasteiger partial charge in [0.2, 0.25) is 0 Å². The maximum atomic E-state index is 12.4. The molecule has 1 atom stereocenters. The third-order valence-corrected chi connectivity index (χ3v) is 3.51. The number of hydrogen-bond donors (Lipinski definition) is 0. The first-order valence-corrected chi connectivity index (χ1v) is 6.96. The number of rotatable bonds is 4. The number of carbonyl (C=O) groups excluding carboxylic acids is 1. The van der Waals surface area contributed by atoms with Crippen LogP contribution in [0.1, 0.15) is 44.2 Å². The smallest absolute Gasteiger partial charge is 0.139 e. The van der Waals surface area contributed by atoms with Crippen molar-refractivity contribution >= 4 is 5.78 Å². The number of hydrogen-bond acceptors (Lipinski definition) is 2. The van der Waals surface area contributed by atoms with Gasteiger partial charge in [0.1, 0.15) is 5.78 Å². The molecule has 0 aliphatic rings. The van der Waals surface area contributed by atoms with E-state index in [1.807, 2.05) is 57.3 Å². The first-order chi connectivity index (χ1) is 9.48. The minimum atomic E-state index is -0.310. The maximum absolute atomic E-state index is 12.4. The lowest BCUT2D eigenvalue weighted by Gasteiger charge is -2.22. The fraction of sp³-hybridized carbons (Fsp3) is 0.333. The summed E-state index contributed by atoms with van der Waals surface area (Å²) in [6, 6.07) is 14.1. The van der Waals surface area contributed by atoms with Gasteiger partial charge < -0.3 is 0 Å². The summed E-state index contributed by atoms with van der Waals surface area (Å²) in [6.07, 6.45) is 4.13. The molecule has 1 aromatic heterocycles. The molecule has 0 aliphatic heterocycles. The lowest BCUT2D eigenvalue weighted by Crippen LogP contribution is -2.22. The molecule has 20 heavy (non-hydrogen) atoms. The van der Waals surface area contributed by atoms with E-state index in [9.17, 15) is 4.79 Å². The zero-order valence-corrected chi connectivity index (χ0v) is 12.3. The molecule has 0 aliphatic carbocycles. The highest BCUT2D eigenvalue weighted by molar-refractivity contribution is 5.84. The predicted octanol–water partition coefficient (Wildman–Crippen LogP) is 4.22. The van der Waals surface area contributed by atoms with Crippen LogP contribution < -0.4 is 0 Å². The van der Waals surface area contributed by atoms with Crippen molar-refractivity contribution in [1.29, 1.82) is 0 Å². The van der Waals surface area contributed by atoms with Crippen LogP contribution in [0.15, 0.2) is 54.9 Å². The fourth-order valence-electron chi connectivity index (χ4n) is 2.19. The number of nitrogens with zero attached hydrogens (tertiary/aromatic N) is 1. The van der Waals surface area contributed by atoms with Crippen LogP contribution in [-0.2, 0) is 4.79 Å². The lowest BCUT2D eigenvalue weighted by atomic mass is 9.80. The summed E-state index contributed by atoms with van der Waals surface area (Å²) in [6.45, 7) is 5.92. The van der Waals surface area contributed by atoms with Crippen molar-refractivity contribution in [1.82, 2.24) is 4.98 Å². The van der Waals surface area contributed by atoms with Crippen LogP contribution in [-0.4, -0.2) is 10.8 Å². The average Bonchev–Trinajstić information content (AvgIpc) is 2.45. The summed E-state index contributed by atoms with van der Waals surface area (Å²) < 4.78 is 0. The van der Waals surface area contributed by atoms with Gasteiger partial charge in [-0.3, -0.25) is 9.78 Å². The second-order valence-electron chi connectivity index (χ2n) is 6.13. The Kier molecular flexibility index (Phi) is 4.33. The second-order valence-corrected chi connectivity index (χ2v) is 6.13. The molecule has 2 heteroatoms. The van der Waals surface area contributed by atoms with Crippen LogP contribution in [0.25, 0.3) is 0 Å². The number of benzene rings is 1. The van der Waals surface area contributed by atoms with Gasteiger partial charge in [0.15, 0.2) is 0 Å². The van der Waals surface area contributed by atoms with Crippen molar-refractivity contribution in [2.45, 2.75) is 33.1 Å². The van der Waals surface area contributed by atoms with E-state index in [0.717, 1.165) is 11.1 Å². The number of carbonyl (C=O) groups is 1. The van der Waals surface area contributed by atoms with Crippen molar-refractivity contribution in [3.05, 3.63) is 66.0 Å². The van der Waals surface area contributed by atoms with Gasteiger partial charge in [-0.05, 0) is 17.2 Å².